The van der Waals surface area contributed by atoms with E-state index in [1.54, 1.807) is 42.5 Å². The van der Waals surface area contributed by atoms with Gasteiger partial charge in [-0.1, -0.05) is 64.8 Å². The number of ether oxygens (including phenoxy) is 2. The molecular formula is C32H27Cl3N2O4. The third-order valence-corrected chi connectivity index (χ3v) is 7.57. The maximum absolute atomic E-state index is 12.2. The molecule has 0 spiro atoms. The molecule has 0 bridgehead atoms. The van der Waals surface area contributed by atoms with Crippen LogP contribution in [-0.2, 0) is 17.9 Å². The summed E-state index contributed by atoms with van der Waals surface area (Å²) in [6, 6.07) is 16.1. The molecule has 1 N–H and O–H groups in total. The largest absolute Gasteiger partial charge is 0.489 e. The normalized spacial score (nSPS) is 12.5. The molecule has 1 aliphatic rings. The summed E-state index contributed by atoms with van der Waals surface area (Å²) in [7, 11) is 1.36. The minimum Gasteiger partial charge on any atom is -0.489 e. The maximum Gasteiger partial charge on any atom is 0.337 e. The number of aromatic nitrogens is 1. The third kappa shape index (κ3) is 6.89. The molecule has 1 fully saturated rings. The van der Waals surface area contributed by atoms with Crippen molar-refractivity contribution in [3.8, 4) is 28.8 Å². The quantitative estimate of drug-likeness (QED) is 0.153. The standard InChI is InChI=1S/C32H27Cl3N2O4/c1-3-36-17-20-13-19(14-23(15-20)32(38)39-2)7-8-21-11-12-24(16-28(21)35)40-18-25-30(37-41-31(25)22-9-10-22)29-26(33)5-4-6-27(29)34/h4-6,11-16,22,36H,3,9-10,17-18H2,1-2H3. The van der Waals surface area contributed by atoms with Gasteiger partial charge in [-0.15, -0.1) is 0 Å². The Labute approximate surface area is 253 Å². The molecule has 0 saturated heterocycles. The van der Waals surface area contributed by atoms with Crippen LogP contribution in [0.4, 0.5) is 0 Å². The Bertz CT molecular complexity index is 1630. The number of rotatable bonds is 9. The molecule has 1 aromatic heterocycles. The van der Waals surface area contributed by atoms with Gasteiger partial charge in [0.25, 0.3) is 0 Å². The van der Waals surface area contributed by atoms with Crippen LogP contribution in [0.2, 0.25) is 15.1 Å². The van der Waals surface area contributed by atoms with Crippen molar-refractivity contribution in [1.29, 1.82) is 0 Å². The lowest BCUT2D eigenvalue weighted by molar-refractivity contribution is 0.0600. The van der Waals surface area contributed by atoms with Gasteiger partial charge in [0, 0.05) is 35.2 Å². The smallest absolute Gasteiger partial charge is 0.337 e. The van der Waals surface area contributed by atoms with Crippen LogP contribution in [0.1, 0.15) is 64.1 Å². The number of nitrogens with zero attached hydrogens (tertiary/aromatic N) is 1. The number of carbonyl (C=O) groups excluding carboxylic acids is 1. The van der Waals surface area contributed by atoms with E-state index in [1.807, 2.05) is 19.1 Å². The Hall–Kier alpha value is -3.47. The van der Waals surface area contributed by atoms with E-state index >= 15 is 0 Å². The van der Waals surface area contributed by atoms with Crippen LogP contribution >= 0.6 is 34.8 Å². The van der Waals surface area contributed by atoms with Gasteiger partial charge in [0.05, 0.1) is 33.3 Å². The van der Waals surface area contributed by atoms with E-state index in [9.17, 15) is 4.79 Å². The molecule has 0 aliphatic heterocycles. The molecule has 0 radical (unpaired) electrons. The van der Waals surface area contributed by atoms with Gasteiger partial charge in [0.15, 0.2) is 0 Å². The fourth-order valence-corrected chi connectivity index (χ4v) is 5.20. The summed E-state index contributed by atoms with van der Waals surface area (Å²) in [5, 5.41) is 8.99. The van der Waals surface area contributed by atoms with Gasteiger partial charge in [0.1, 0.15) is 23.8 Å². The first-order valence-corrected chi connectivity index (χ1v) is 14.3. The van der Waals surface area contributed by atoms with Crippen molar-refractivity contribution in [2.75, 3.05) is 13.7 Å². The lowest BCUT2D eigenvalue weighted by Gasteiger charge is -2.10. The number of esters is 1. The van der Waals surface area contributed by atoms with Crippen molar-refractivity contribution in [3.05, 3.63) is 103 Å². The van der Waals surface area contributed by atoms with Gasteiger partial charge in [-0.3, -0.25) is 0 Å². The summed E-state index contributed by atoms with van der Waals surface area (Å²) in [5.74, 6) is 7.49. The molecule has 1 aliphatic carbocycles. The molecule has 5 rings (SSSR count). The van der Waals surface area contributed by atoms with Gasteiger partial charge in [0.2, 0.25) is 0 Å². The summed E-state index contributed by atoms with van der Waals surface area (Å²) >= 11 is 19.5. The first-order chi connectivity index (χ1) is 19.9. The first-order valence-electron chi connectivity index (χ1n) is 13.2. The lowest BCUT2D eigenvalue weighted by Crippen LogP contribution is -2.13. The molecule has 1 heterocycles. The molecule has 41 heavy (non-hydrogen) atoms. The average Bonchev–Trinajstić information content (AvgIpc) is 3.73. The number of methoxy groups -OCH3 is 1. The summed E-state index contributed by atoms with van der Waals surface area (Å²) in [6.45, 7) is 3.65. The second kappa shape index (κ2) is 13.0. The van der Waals surface area contributed by atoms with E-state index < -0.39 is 5.97 Å². The van der Waals surface area contributed by atoms with Crippen molar-refractivity contribution in [2.24, 2.45) is 0 Å². The molecule has 210 valence electrons. The first kappa shape index (κ1) is 29.0. The fourth-order valence-electron chi connectivity index (χ4n) is 4.40. The number of carbonyl (C=O) groups is 1. The van der Waals surface area contributed by atoms with Crippen LogP contribution in [0.15, 0.2) is 59.1 Å². The number of hydrogen-bond donors (Lipinski definition) is 1. The molecule has 9 heteroatoms. The van der Waals surface area contributed by atoms with E-state index in [-0.39, 0.29) is 6.61 Å². The SMILES string of the molecule is CCNCc1cc(C#Cc2ccc(OCc3c(-c4c(Cl)cccc4Cl)noc3C3CC3)cc2Cl)cc(C(=O)OC)c1. The molecule has 3 aromatic carbocycles. The molecule has 0 unspecified atom stereocenters. The summed E-state index contributed by atoms with van der Waals surface area (Å²) in [6.07, 6.45) is 2.08. The Balaban J connectivity index is 1.36. The topological polar surface area (TPSA) is 73.6 Å². The highest BCUT2D eigenvalue weighted by Gasteiger charge is 2.33. The van der Waals surface area contributed by atoms with Crippen molar-refractivity contribution >= 4 is 40.8 Å². The molecule has 0 amide bonds. The zero-order chi connectivity index (χ0) is 28.9. The maximum atomic E-state index is 12.2. The second-order valence-corrected chi connectivity index (χ2v) is 10.8. The highest BCUT2D eigenvalue weighted by molar-refractivity contribution is 6.39. The van der Waals surface area contributed by atoms with Gasteiger partial charge in [-0.25, -0.2) is 4.79 Å². The predicted octanol–water partition coefficient (Wildman–Crippen LogP) is 8.05. The lowest BCUT2D eigenvalue weighted by atomic mass is 10.0. The van der Waals surface area contributed by atoms with E-state index in [0.717, 1.165) is 36.3 Å². The van der Waals surface area contributed by atoms with Crippen molar-refractivity contribution in [1.82, 2.24) is 10.5 Å². The van der Waals surface area contributed by atoms with E-state index in [1.165, 1.54) is 7.11 Å². The Morgan fingerprint density at radius 1 is 1.05 bits per heavy atom. The van der Waals surface area contributed by atoms with Crippen LogP contribution in [0.25, 0.3) is 11.3 Å². The van der Waals surface area contributed by atoms with Crippen LogP contribution in [0.5, 0.6) is 5.75 Å². The molecular weight excluding hydrogens is 583 g/mol. The Kier molecular flexibility index (Phi) is 9.22. The summed E-state index contributed by atoms with van der Waals surface area (Å²) in [4.78, 5) is 12.2. The minimum absolute atomic E-state index is 0.211. The average molecular weight is 610 g/mol. The molecule has 4 aromatic rings. The molecule has 1 saturated carbocycles. The van der Waals surface area contributed by atoms with E-state index in [0.29, 0.717) is 61.2 Å². The van der Waals surface area contributed by atoms with Crippen LogP contribution in [0, 0.1) is 11.8 Å². The third-order valence-electron chi connectivity index (χ3n) is 6.62. The van der Waals surface area contributed by atoms with Crippen LogP contribution in [-0.4, -0.2) is 24.8 Å². The van der Waals surface area contributed by atoms with Gasteiger partial charge >= 0.3 is 5.97 Å². The molecule has 0 atom stereocenters. The Morgan fingerprint density at radius 2 is 1.83 bits per heavy atom. The number of benzene rings is 3. The number of hydrogen-bond acceptors (Lipinski definition) is 6. The molecule has 6 nitrogen and oxygen atoms in total. The predicted molar refractivity (Wildman–Crippen MR) is 161 cm³/mol. The second-order valence-electron chi connectivity index (χ2n) is 9.62. The van der Waals surface area contributed by atoms with Gasteiger partial charge in [-0.2, -0.15) is 0 Å². The van der Waals surface area contributed by atoms with Crippen molar-refractivity contribution in [2.45, 2.75) is 38.8 Å². The Morgan fingerprint density at radius 3 is 2.51 bits per heavy atom. The van der Waals surface area contributed by atoms with Crippen LogP contribution < -0.4 is 10.1 Å². The van der Waals surface area contributed by atoms with Gasteiger partial charge < -0.3 is 19.3 Å². The van der Waals surface area contributed by atoms with Gasteiger partial charge in [-0.05, 0) is 67.4 Å². The van der Waals surface area contributed by atoms with Crippen molar-refractivity contribution in [3.63, 3.8) is 0 Å². The zero-order valence-electron chi connectivity index (χ0n) is 22.5. The summed E-state index contributed by atoms with van der Waals surface area (Å²) in [5.41, 5.74) is 4.72. The van der Waals surface area contributed by atoms with E-state index in [2.05, 4.69) is 22.3 Å². The highest BCUT2D eigenvalue weighted by Crippen LogP contribution is 2.46. The monoisotopic (exact) mass is 608 g/mol. The van der Waals surface area contributed by atoms with Crippen molar-refractivity contribution < 1.29 is 18.8 Å². The summed E-state index contributed by atoms with van der Waals surface area (Å²) < 4.78 is 16.8. The highest BCUT2D eigenvalue weighted by atomic mass is 35.5. The minimum atomic E-state index is -0.413. The fraction of sp³-hybridized carbons (Fsp3) is 0.250. The van der Waals surface area contributed by atoms with Crippen LogP contribution in [0.3, 0.4) is 0 Å². The van der Waals surface area contributed by atoms with E-state index in [4.69, 9.17) is 48.8 Å². The zero-order valence-corrected chi connectivity index (χ0v) is 24.8. The number of nitrogens with one attached hydrogen (secondary N) is 1. The number of halogens is 3.